The molecule has 8 heteroatoms. The summed E-state index contributed by atoms with van der Waals surface area (Å²) in [6.07, 6.45) is 2.39. The smallest absolute Gasteiger partial charge is 0.326 e. The molecule has 0 spiro atoms. The Hall–Kier alpha value is -2.35. The first-order chi connectivity index (χ1) is 13.9. The molecular weight excluding hydrogens is 392 g/mol. The lowest BCUT2D eigenvalue weighted by atomic mass is 10.1. The molecule has 1 aromatic rings. The maximum Gasteiger partial charge on any atom is 0.326 e. The Labute approximate surface area is 174 Å². The van der Waals surface area contributed by atoms with E-state index in [1.807, 2.05) is 6.07 Å². The number of rotatable bonds is 6. The van der Waals surface area contributed by atoms with Gasteiger partial charge in [-0.05, 0) is 25.7 Å². The summed E-state index contributed by atoms with van der Waals surface area (Å²) < 4.78 is 0. The Morgan fingerprint density at radius 1 is 1.03 bits per heavy atom. The molecule has 0 saturated carbocycles. The lowest BCUT2D eigenvalue weighted by Gasteiger charge is -2.31. The summed E-state index contributed by atoms with van der Waals surface area (Å²) in [4.78, 5) is 52.6. The molecule has 2 fully saturated rings. The molecule has 0 radical (unpaired) electrons. The molecule has 7 nitrogen and oxygen atoms in total. The number of carboxylic acid groups (broad SMARTS) is 1. The van der Waals surface area contributed by atoms with Crippen molar-refractivity contribution in [2.45, 2.75) is 44.7 Å². The summed E-state index contributed by atoms with van der Waals surface area (Å²) in [6, 6.07) is 7.53. The summed E-state index contributed by atoms with van der Waals surface area (Å²) in [5, 5.41) is 9.26. The second-order valence-electron chi connectivity index (χ2n) is 7.58. The van der Waals surface area contributed by atoms with Gasteiger partial charge >= 0.3 is 5.97 Å². The van der Waals surface area contributed by atoms with Crippen molar-refractivity contribution in [2.75, 3.05) is 18.8 Å². The zero-order valence-electron chi connectivity index (χ0n) is 16.5. The van der Waals surface area contributed by atoms with Gasteiger partial charge in [0.05, 0.1) is 0 Å². The minimum absolute atomic E-state index is 0.0827. The molecule has 156 valence electrons. The topological polar surface area (TPSA) is 95.0 Å². The van der Waals surface area contributed by atoms with E-state index in [1.54, 1.807) is 36.1 Å². The van der Waals surface area contributed by atoms with E-state index in [0.29, 0.717) is 43.7 Å². The van der Waals surface area contributed by atoms with E-state index in [9.17, 15) is 24.3 Å². The molecule has 1 aromatic carbocycles. The van der Waals surface area contributed by atoms with Gasteiger partial charge in [0.15, 0.2) is 0 Å². The molecule has 2 aliphatic rings. The maximum atomic E-state index is 13.0. The second-order valence-corrected chi connectivity index (χ2v) is 8.58. The molecule has 0 aliphatic carbocycles. The fourth-order valence-corrected chi connectivity index (χ4v) is 4.83. The van der Waals surface area contributed by atoms with Crippen molar-refractivity contribution in [3.05, 3.63) is 35.9 Å². The lowest BCUT2D eigenvalue weighted by molar-refractivity contribution is -0.152. The van der Waals surface area contributed by atoms with Gasteiger partial charge in [0.2, 0.25) is 16.9 Å². The standard InChI is InChI=1S/C21H26N2O5S/c1-14(13-29-21(28)15-7-3-2-4-8-15)18(24)22-11-5-9-16(22)19(25)23-12-6-10-17(23)20(26)27/h2-4,7-8,14,16-17H,5-6,9-13H2,1H3,(H,26,27)/t14?,16-,17-/m0/s1. The van der Waals surface area contributed by atoms with Crippen LogP contribution in [0.5, 0.6) is 0 Å². The van der Waals surface area contributed by atoms with Gasteiger partial charge in [-0.2, -0.15) is 0 Å². The van der Waals surface area contributed by atoms with Crippen molar-refractivity contribution in [1.29, 1.82) is 0 Å². The number of hydrogen-bond donors (Lipinski definition) is 1. The van der Waals surface area contributed by atoms with Crippen LogP contribution in [0.2, 0.25) is 0 Å². The lowest BCUT2D eigenvalue weighted by Crippen LogP contribution is -2.52. The number of likely N-dealkylation sites (tertiary alicyclic amines) is 2. The highest BCUT2D eigenvalue weighted by Gasteiger charge is 2.42. The van der Waals surface area contributed by atoms with Gasteiger partial charge in [-0.25, -0.2) is 4.79 Å². The number of amides is 2. The third kappa shape index (κ3) is 4.80. The average Bonchev–Trinajstić information content (AvgIpc) is 3.41. The third-order valence-corrected chi connectivity index (χ3v) is 6.70. The van der Waals surface area contributed by atoms with E-state index in [-0.39, 0.29) is 16.9 Å². The molecule has 2 heterocycles. The number of benzene rings is 1. The summed E-state index contributed by atoms with van der Waals surface area (Å²) in [5.74, 6) is -1.47. The highest BCUT2D eigenvalue weighted by atomic mass is 32.2. The second kappa shape index (κ2) is 9.43. The molecule has 1 unspecified atom stereocenters. The number of hydrogen-bond acceptors (Lipinski definition) is 5. The van der Waals surface area contributed by atoms with Gasteiger partial charge in [0, 0.05) is 30.3 Å². The highest BCUT2D eigenvalue weighted by Crippen LogP contribution is 2.27. The number of carbonyl (C=O) groups excluding carboxylic acids is 3. The van der Waals surface area contributed by atoms with Crippen LogP contribution in [0.1, 0.15) is 43.0 Å². The van der Waals surface area contributed by atoms with Crippen LogP contribution >= 0.6 is 11.8 Å². The number of carboxylic acids is 1. The van der Waals surface area contributed by atoms with Gasteiger partial charge in [0.1, 0.15) is 12.1 Å². The Balaban J connectivity index is 1.59. The van der Waals surface area contributed by atoms with Gasteiger partial charge in [-0.3, -0.25) is 14.4 Å². The Kier molecular flexibility index (Phi) is 6.95. The molecule has 2 aliphatic heterocycles. The predicted octanol–water partition coefficient (Wildman–Crippen LogP) is 2.26. The van der Waals surface area contributed by atoms with Gasteiger partial charge in [-0.15, -0.1) is 0 Å². The van der Waals surface area contributed by atoms with Crippen LogP contribution in [0, 0.1) is 5.92 Å². The molecule has 3 rings (SSSR count). The largest absolute Gasteiger partial charge is 0.480 e. The highest BCUT2D eigenvalue weighted by molar-refractivity contribution is 8.14. The quantitative estimate of drug-likeness (QED) is 0.762. The fraction of sp³-hybridized carbons (Fsp3) is 0.524. The van der Waals surface area contributed by atoms with Crippen LogP contribution in [-0.2, 0) is 14.4 Å². The predicted molar refractivity (Wildman–Crippen MR) is 110 cm³/mol. The van der Waals surface area contributed by atoms with E-state index >= 15 is 0 Å². The van der Waals surface area contributed by atoms with Gasteiger partial charge < -0.3 is 14.9 Å². The van der Waals surface area contributed by atoms with Gasteiger partial charge in [-0.1, -0.05) is 49.0 Å². The summed E-state index contributed by atoms with van der Waals surface area (Å²) in [7, 11) is 0. The monoisotopic (exact) mass is 418 g/mol. The van der Waals surface area contributed by atoms with E-state index in [2.05, 4.69) is 0 Å². The molecule has 3 atom stereocenters. The van der Waals surface area contributed by atoms with Crippen LogP contribution < -0.4 is 0 Å². The SMILES string of the molecule is CC(CSC(=O)c1ccccc1)C(=O)N1CCC[C@H]1C(=O)N1CCC[C@H]1C(=O)O. The average molecular weight is 419 g/mol. The molecule has 0 bridgehead atoms. The molecule has 2 amide bonds. The zero-order valence-corrected chi connectivity index (χ0v) is 17.3. The summed E-state index contributed by atoms with van der Waals surface area (Å²) in [5.41, 5.74) is 0.597. The fourth-order valence-electron chi connectivity index (χ4n) is 3.98. The molecular formula is C21H26N2O5S. The first-order valence-corrected chi connectivity index (χ1v) is 10.9. The molecule has 0 aromatic heterocycles. The van der Waals surface area contributed by atoms with Crippen LogP contribution in [0.3, 0.4) is 0 Å². The van der Waals surface area contributed by atoms with E-state index in [4.69, 9.17) is 0 Å². The van der Waals surface area contributed by atoms with Crippen LogP contribution in [-0.4, -0.2) is 68.7 Å². The minimum atomic E-state index is -0.990. The van der Waals surface area contributed by atoms with E-state index < -0.39 is 24.0 Å². The molecule has 1 N–H and O–H groups in total. The third-order valence-electron chi connectivity index (χ3n) is 5.54. The van der Waals surface area contributed by atoms with Crippen molar-refractivity contribution < 1.29 is 24.3 Å². The number of nitrogens with zero attached hydrogens (tertiary/aromatic N) is 2. The summed E-state index contributed by atoms with van der Waals surface area (Å²) in [6.45, 7) is 2.68. The van der Waals surface area contributed by atoms with Crippen molar-refractivity contribution >= 4 is 34.7 Å². The number of aliphatic carboxylic acids is 1. The molecule has 29 heavy (non-hydrogen) atoms. The van der Waals surface area contributed by atoms with E-state index in [0.717, 1.165) is 18.2 Å². The van der Waals surface area contributed by atoms with Crippen LogP contribution in [0.25, 0.3) is 0 Å². The Morgan fingerprint density at radius 2 is 1.66 bits per heavy atom. The number of thioether (sulfide) groups is 1. The van der Waals surface area contributed by atoms with Crippen LogP contribution in [0.4, 0.5) is 0 Å². The number of carbonyl (C=O) groups is 4. The normalized spacial score (nSPS) is 22.5. The van der Waals surface area contributed by atoms with Crippen molar-refractivity contribution in [2.24, 2.45) is 5.92 Å². The van der Waals surface area contributed by atoms with Crippen molar-refractivity contribution in [3.63, 3.8) is 0 Å². The van der Waals surface area contributed by atoms with Crippen LogP contribution in [0.15, 0.2) is 30.3 Å². The van der Waals surface area contributed by atoms with Crippen molar-refractivity contribution in [1.82, 2.24) is 9.80 Å². The Morgan fingerprint density at radius 3 is 2.31 bits per heavy atom. The van der Waals surface area contributed by atoms with Crippen molar-refractivity contribution in [3.8, 4) is 0 Å². The minimum Gasteiger partial charge on any atom is -0.480 e. The van der Waals surface area contributed by atoms with E-state index in [1.165, 1.54) is 4.90 Å². The Bertz CT molecular complexity index is 785. The molecule has 2 saturated heterocycles. The first kappa shape index (κ1) is 21.4. The summed E-state index contributed by atoms with van der Waals surface area (Å²) >= 11 is 1.10. The maximum absolute atomic E-state index is 13.0. The van der Waals surface area contributed by atoms with Gasteiger partial charge in [0.25, 0.3) is 0 Å². The zero-order chi connectivity index (χ0) is 21.0. The first-order valence-electron chi connectivity index (χ1n) is 9.96.